The van der Waals surface area contributed by atoms with Crippen LogP contribution < -0.4 is 4.57 Å². The Morgan fingerprint density at radius 2 is 1.64 bits per heavy atom. The summed E-state index contributed by atoms with van der Waals surface area (Å²) in [5.74, 6) is -1.04. The fourth-order valence-corrected chi connectivity index (χ4v) is 5.02. The highest BCUT2D eigenvalue weighted by Crippen LogP contribution is 2.38. The van der Waals surface area contributed by atoms with Gasteiger partial charge in [-0.25, -0.2) is 9.13 Å². The largest absolute Gasteiger partial charge is 0.375 e. The van der Waals surface area contributed by atoms with Gasteiger partial charge in [0.1, 0.15) is 17.4 Å². The molecule has 170 valence electrons. The Morgan fingerprint density at radius 3 is 2.27 bits per heavy atom. The van der Waals surface area contributed by atoms with Gasteiger partial charge in [0.15, 0.2) is 5.65 Å². The minimum atomic E-state index is -2.27. The quantitative estimate of drug-likeness (QED) is 0.278. The van der Waals surface area contributed by atoms with E-state index in [9.17, 15) is 0 Å². The first-order valence-corrected chi connectivity index (χ1v) is 11.4. The standard InChI is InChI=1S/C29H35N4/c1-18(2)22-13-11-14-23(19(3)4)27(22)32-17-16-30(7)29(32)33-25-15-10-9-12-24(25)26-20(5)21(6)31(8)28(26)33/h9-19H,1-8H3/q+1/i5D3,18D,19D. The Labute approximate surface area is 203 Å². The van der Waals surface area contributed by atoms with E-state index in [0.29, 0.717) is 11.3 Å². The van der Waals surface area contributed by atoms with Crippen molar-refractivity contribution < 1.29 is 11.4 Å². The molecule has 0 aliphatic heterocycles. The zero-order chi connectivity index (χ0) is 27.9. The number of aryl methyl sites for hydroxylation is 3. The maximum absolute atomic E-state index is 8.96. The molecule has 0 spiro atoms. The van der Waals surface area contributed by atoms with Crippen LogP contribution in [0.15, 0.2) is 54.9 Å². The third-order valence-electron chi connectivity index (χ3n) is 6.81. The lowest BCUT2D eigenvalue weighted by atomic mass is 9.92. The van der Waals surface area contributed by atoms with E-state index in [1.54, 1.807) is 0 Å². The first-order chi connectivity index (χ1) is 17.5. The molecule has 0 aliphatic rings. The summed E-state index contributed by atoms with van der Waals surface area (Å²) in [6, 6.07) is 13.8. The minimum absolute atomic E-state index is 0.367. The minimum Gasteiger partial charge on any atom is -0.321 e. The Morgan fingerprint density at radius 1 is 0.970 bits per heavy atom. The lowest BCUT2D eigenvalue weighted by Gasteiger charge is -2.19. The van der Waals surface area contributed by atoms with Gasteiger partial charge in [0, 0.05) is 30.4 Å². The molecule has 2 aromatic carbocycles. The van der Waals surface area contributed by atoms with Gasteiger partial charge < -0.3 is 4.57 Å². The van der Waals surface area contributed by atoms with Crippen molar-refractivity contribution in [3.8, 4) is 11.6 Å². The van der Waals surface area contributed by atoms with Gasteiger partial charge in [-0.15, -0.1) is 0 Å². The molecule has 0 saturated carbocycles. The van der Waals surface area contributed by atoms with Gasteiger partial charge in [0.05, 0.1) is 13.2 Å². The second kappa shape index (κ2) is 7.65. The molecule has 4 heteroatoms. The van der Waals surface area contributed by atoms with Gasteiger partial charge in [-0.1, -0.05) is 64.1 Å². The van der Waals surface area contributed by atoms with Gasteiger partial charge in [-0.05, 0) is 48.3 Å². The van der Waals surface area contributed by atoms with E-state index in [4.69, 9.17) is 6.85 Å². The van der Waals surface area contributed by atoms with E-state index in [2.05, 4.69) is 9.13 Å². The SMILES string of the molecule is [2H]C([2H])([2H])c1c(C)n(C)c2c1c1ccccc1n2-c1n(-c2c(C([2H])(C)C)cccc2C([2H])(C)C)cc[n+]1C. The molecule has 0 bridgehead atoms. The van der Waals surface area contributed by atoms with Gasteiger partial charge in [0.25, 0.3) is 0 Å². The van der Waals surface area contributed by atoms with Crippen LogP contribution in [0.5, 0.6) is 0 Å². The number of hydrogen-bond donors (Lipinski definition) is 0. The molecule has 33 heavy (non-hydrogen) atoms. The topological polar surface area (TPSA) is 18.7 Å². The van der Waals surface area contributed by atoms with Gasteiger partial charge in [-0.3, -0.25) is 0 Å². The zero-order valence-corrected chi connectivity index (χ0v) is 20.5. The summed E-state index contributed by atoms with van der Waals surface area (Å²) in [5, 5.41) is 1.60. The van der Waals surface area contributed by atoms with Crippen LogP contribution in [0, 0.1) is 13.8 Å². The third kappa shape index (κ3) is 3.00. The average Bonchev–Trinajstić information content (AvgIpc) is 3.42. The summed E-state index contributed by atoms with van der Waals surface area (Å²) in [7, 11) is 3.88. The van der Waals surface area contributed by atoms with Crippen LogP contribution in [0.3, 0.4) is 0 Å². The summed E-state index contributed by atoms with van der Waals surface area (Å²) >= 11 is 0. The monoisotopic (exact) mass is 444 g/mol. The number of para-hydroxylation sites is 2. The van der Waals surface area contributed by atoms with Crippen LogP contribution in [-0.4, -0.2) is 13.7 Å². The molecule has 0 saturated heterocycles. The Balaban J connectivity index is 2.00. The van der Waals surface area contributed by atoms with Crippen molar-refractivity contribution in [2.24, 2.45) is 14.1 Å². The van der Waals surface area contributed by atoms with E-state index in [-0.39, 0.29) is 0 Å². The number of imidazole rings is 1. The molecule has 0 N–H and O–H groups in total. The highest BCUT2D eigenvalue weighted by molar-refractivity contribution is 6.10. The molecule has 0 aliphatic carbocycles. The molecule has 0 atom stereocenters. The molecule has 0 fully saturated rings. The molecule has 3 heterocycles. The second-order valence-corrected chi connectivity index (χ2v) is 9.35. The smallest absolute Gasteiger partial charge is 0.321 e. The fourth-order valence-electron chi connectivity index (χ4n) is 5.02. The van der Waals surface area contributed by atoms with Crippen molar-refractivity contribution in [3.63, 3.8) is 0 Å². The maximum Gasteiger partial charge on any atom is 0.375 e. The highest BCUT2D eigenvalue weighted by Gasteiger charge is 2.30. The first kappa shape index (κ1) is 16.4. The molecule has 5 aromatic rings. The van der Waals surface area contributed by atoms with Gasteiger partial charge in [-0.2, -0.15) is 4.57 Å². The van der Waals surface area contributed by atoms with E-state index in [1.165, 1.54) is 0 Å². The number of benzene rings is 2. The van der Waals surface area contributed by atoms with Crippen molar-refractivity contribution in [3.05, 3.63) is 77.2 Å². The number of nitrogens with zero attached hydrogens (tertiary/aromatic N) is 4. The summed E-state index contributed by atoms with van der Waals surface area (Å²) in [4.78, 5) is 0. The van der Waals surface area contributed by atoms with Gasteiger partial charge in [0.2, 0.25) is 0 Å². The van der Waals surface area contributed by atoms with Crippen LogP contribution >= 0.6 is 0 Å². The normalized spacial score (nSPS) is 15.4. The summed E-state index contributed by atoms with van der Waals surface area (Å²) in [6.45, 7) is 7.04. The van der Waals surface area contributed by atoms with Crippen molar-refractivity contribution in [1.82, 2.24) is 13.7 Å². The molecule has 5 rings (SSSR count). The van der Waals surface area contributed by atoms with Crippen LogP contribution in [-0.2, 0) is 14.1 Å². The average molecular weight is 445 g/mol. The van der Waals surface area contributed by atoms with E-state index in [0.717, 1.165) is 44.7 Å². The Hall–Kier alpha value is -3.27. The lowest BCUT2D eigenvalue weighted by Crippen LogP contribution is -2.33. The Kier molecular flexibility index (Phi) is 3.79. The predicted octanol–water partition coefficient (Wildman–Crippen LogP) is 6.60. The van der Waals surface area contributed by atoms with Crippen molar-refractivity contribution in [2.45, 2.75) is 53.3 Å². The number of hydrogen-bond acceptors (Lipinski definition) is 0. The summed E-state index contributed by atoms with van der Waals surface area (Å²) < 4.78 is 51.1. The number of rotatable bonds is 4. The number of aromatic nitrogens is 4. The summed E-state index contributed by atoms with van der Waals surface area (Å²) in [5.41, 5.74) is 5.18. The zero-order valence-electron chi connectivity index (χ0n) is 25.5. The van der Waals surface area contributed by atoms with Crippen LogP contribution in [0.25, 0.3) is 33.6 Å². The van der Waals surface area contributed by atoms with E-state index in [1.807, 2.05) is 113 Å². The second-order valence-electron chi connectivity index (χ2n) is 9.35. The van der Waals surface area contributed by atoms with E-state index >= 15 is 0 Å². The molecular formula is C29H35N4+. The lowest BCUT2D eigenvalue weighted by molar-refractivity contribution is -0.664. The van der Waals surface area contributed by atoms with Crippen molar-refractivity contribution >= 4 is 21.9 Å². The molecular weight excluding hydrogens is 404 g/mol. The Bertz CT molecular complexity index is 1670. The van der Waals surface area contributed by atoms with Crippen LogP contribution in [0.4, 0.5) is 0 Å². The molecule has 0 unspecified atom stereocenters. The van der Waals surface area contributed by atoms with Crippen molar-refractivity contribution in [1.29, 1.82) is 0 Å². The predicted molar refractivity (Wildman–Crippen MR) is 138 cm³/mol. The molecule has 0 amide bonds. The molecule has 4 nitrogen and oxygen atoms in total. The fraction of sp³-hybridized carbons (Fsp3) is 0.345. The molecule has 3 aromatic heterocycles. The van der Waals surface area contributed by atoms with E-state index < -0.39 is 18.6 Å². The van der Waals surface area contributed by atoms with Crippen LogP contribution in [0.2, 0.25) is 0 Å². The van der Waals surface area contributed by atoms with Crippen molar-refractivity contribution in [2.75, 3.05) is 0 Å². The highest BCUT2D eigenvalue weighted by atomic mass is 15.3. The van der Waals surface area contributed by atoms with Gasteiger partial charge >= 0.3 is 5.95 Å². The third-order valence-corrected chi connectivity index (χ3v) is 6.81. The maximum atomic E-state index is 8.96. The first-order valence-electron chi connectivity index (χ1n) is 13.9. The van der Waals surface area contributed by atoms with Crippen LogP contribution in [0.1, 0.15) is 68.7 Å². The number of fused-ring (bicyclic) bond motifs is 3. The molecule has 0 radical (unpaired) electrons. The summed E-state index contributed by atoms with van der Waals surface area (Å²) in [6.07, 6.45) is 3.93.